The maximum absolute atomic E-state index is 14.1. The van der Waals surface area contributed by atoms with Gasteiger partial charge in [-0.1, -0.05) is 0 Å². The summed E-state index contributed by atoms with van der Waals surface area (Å²) in [4.78, 5) is 29.7. The SMILES string of the molecule is C[C@H](NC(=O)[C@@H](C)N1Cc2c(ccc(F)c2F)NC1=O)c1ncc(C#N)cc1F. The van der Waals surface area contributed by atoms with Crippen molar-refractivity contribution < 1.29 is 22.8 Å². The number of carbonyl (C=O) groups excluding carboxylic acids is 2. The Kier molecular flexibility index (Phi) is 5.41. The molecule has 2 atom stereocenters. The molecule has 1 aromatic heterocycles. The van der Waals surface area contributed by atoms with E-state index in [4.69, 9.17) is 5.26 Å². The highest BCUT2D eigenvalue weighted by molar-refractivity contribution is 5.96. The molecule has 1 aliphatic rings. The number of fused-ring (bicyclic) bond motifs is 1. The van der Waals surface area contributed by atoms with Gasteiger partial charge in [-0.05, 0) is 32.0 Å². The van der Waals surface area contributed by atoms with Gasteiger partial charge in [0.2, 0.25) is 5.91 Å². The Morgan fingerprint density at radius 1 is 1.31 bits per heavy atom. The molecule has 0 fully saturated rings. The number of carbonyl (C=O) groups is 2. The molecular formula is C19H16F3N5O2. The fourth-order valence-electron chi connectivity index (χ4n) is 2.98. The number of aromatic nitrogens is 1. The quantitative estimate of drug-likeness (QED) is 0.820. The number of rotatable bonds is 4. The molecule has 7 nitrogen and oxygen atoms in total. The second-order valence-electron chi connectivity index (χ2n) is 6.55. The van der Waals surface area contributed by atoms with Crippen molar-refractivity contribution in [3.05, 3.63) is 58.7 Å². The number of urea groups is 1. The minimum absolute atomic E-state index is 0.0380. The fourth-order valence-corrected chi connectivity index (χ4v) is 2.98. The molecular weight excluding hydrogens is 387 g/mol. The van der Waals surface area contributed by atoms with Crippen molar-refractivity contribution in [2.45, 2.75) is 32.5 Å². The van der Waals surface area contributed by atoms with E-state index in [1.165, 1.54) is 26.1 Å². The molecule has 0 bridgehead atoms. The van der Waals surface area contributed by atoms with Gasteiger partial charge in [-0.15, -0.1) is 0 Å². The molecule has 3 rings (SSSR count). The number of nitrogens with one attached hydrogen (secondary N) is 2. The monoisotopic (exact) mass is 403 g/mol. The van der Waals surface area contributed by atoms with Gasteiger partial charge in [-0.3, -0.25) is 9.78 Å². The van der Waals surface area contributed by atoms with E-state index in [0.717, 1.165) is 17.0 Å². The summed E-state index contributed by atoms with van der Waals surface area (Å²) < 4.78 is 41.6. The lowest BCUT2D eigenvalue weighted by atomic mass is 10.1. The Hall–Kier alpha value is -3.61. The van der Waals surface area contributed by atoms with Crippen LogP contribution in [0.4, 0.5) is 23.7 Å². The van der Waals surface area contributed by atoms with Crippen molar-refractivity contribution in [2.24, 2.45) is 0 Å². The molecule has 10 heteroatoms. The number of hydrogen-bond donors (Lipinski definition) is 2. The normalized spacial score (nSPS) is 15.0. The van der Waals surface area contributed by atoms with Crippen molar-refractivity contribution >= 4 is 17.6 Å². The molecule has 0 aliphatic carbocycles. The van der Waals surface area contributed by atoms with Gasteiger partial charge in [0.1, 0.15) is 17.9 Å². The van der Waals surface area contributed by atoms with Crippen LogP contribution in [0.15, 0.2) is 24.4 Å². The van der Waals surface area contributed by atoms with Crippen LogP contribution in [0.1, 0.15) is 36.7 Å². The average Bonchev–Trinajstić information content (AvgIpc) is 2.69. The second kappa shape index (κ2) is 7.79. The first kappa shape index (κ1) is 20.1. The van der Waals surface area contributed by atoms with Crippen LogP contribution in [0.25, 0.3) is 0 Å². The van der Waals surface area contributed by atoms with Gasteiger partial charge < -0.3 is 15.5 Å². The number of nitrogens with zero attached hydrogens (tertiary/aromatic N) is 3. The Balaban J connectivity index is 1.75. The maximum atomic E-state index is 14.1. The zero-order valence-corrected chi connectivity index (χ0v) is 15.5. The van der Waals surface area contributed by atoms with Crippen molar-refractivity contribution in [2.75, 3.05) is 5.32 Å². The molecule has 2 heterocycles. The molecule has 0 saturated heterocycles. The van der Waals surface area contributed by atoms with Crippen LogP contribution in [0.5, 0.6) is 0 Å². The van der Waals surface area contributed by atoms with E-state index >= 15 is 0 Å². The summed E-state index contributed by atoms with van der Waals surface area (Å²) in [6, 6.07) is 2.34. The van der Waals surface area contributed by atoms with Gasteiger partial charge in [0.25, 0.3) is 0 Å². The third-order valence-corrected chi connectivity index (χ3v) is 4.64. The lowest BCUT2D eigenvalue weighted by Gasteiger charge is -2.34. The van der Waals surface area contributed by atoms with Crippen LogP contribution in [0.2, 0.25) is 0 Å². The first-order valence-corrected chi connectivity index (χ1v) is 8.63. The smallest absolute Gasteiger partial charge is 0.322 e. The van der Waals surface area contributed by atoms with Gasteiger partial charge in [0, 0.05) is 11.8 Å². The number of benzene rings is 1. The summed E-state index contributed by atoms with van der Waals surface area (Å²) in [6.07, 6.45) is 1.18. The predicted octanol–water partition coefficient (Wildman–Crippen LogP) is 2.98. The van der Waals surface area contributed by atoms with Crippen molar-refractivity contribution in [3.63, 3.8) is 0 Å². The van der Waals surface area contributed by atoms with E-state index in [-0.39, 0.29) is 29.1 Å². The zero-order valence-electron chi connectivity index (χ0n) is 15.5. The molecule has 1 aliphatic heterocycles. The van der Waals surface area contributed by atoms with E-state index in [2.05, 4.69) is 15.6 Å². The molecule has 29 heavy (non-hydrogen) atoms. The van der Waals surface area contributed by atoms with Gasteiger partial charge in [0.05, 0.1) is 29.5 Å². The number of amides is 3. The van der Waals surface area contributed by atoms with Gasteiger partial charge in [-0.2, -0.15) is 5.26 Å². The minimum atomic E-state index is -1.10. The number of halogens is 3. The number of anilines is 1. The second-order valence-corrected chi connectivity index (χ2v) is 6.55. The molecule has 2 N–H and O–H groups in total. The predicted molar refractivity (Wildman–Crippen MR) is 95.8 cm³/mol. The zero-order chi connectivity index (χ0) is 21.3. The van der Waals surface area contributed by atoms with E-state index in [9.17, 15) is 22.8 Å². The maximum Gasteiger partial charge on any atom is 0.322 e. The van der Waals surface area contributed by atoms with Crippen molar-refractivity contribution in [1.82, 2.24) is 15.2 Å². The Bertz CT molecular complexity index is 1040. The van der Waals surface area contributed by atoms with Crippen LogP contribution < -0.4 is 10.6 Å². The highest BCUT2D eigenvalue weighted by atomic mass is 19.2. The Labute approximate surface area is 164 Å². The van der Waals surface area contributed by atoms with E-state index in [1.54, 1.807) is 6.07 Å². The summed E-state index contributed by atoms with van der Waals surface area (Å²) in [5.74, 6) is -3.56. The van der Waals surface area contributed by atoms with Crippen molar-refractivity contribution in [1.29, 1.82) is 5.26 Å². The average molecular weight is 403 g/mol. The first-order valence-electron chi connectivity index (χ1n) is 8.63. The molecule has 2 aromatic rings. The topological polar surface area (TPSA) is 98.1 Å². The highest BCUT2D eigenvalue weighted by Gasteiger charge is 2.33. The lowest BCUT2D eigenvalue weighted by Crippen LogP contribution is -2.51. The van der Waals surface area contributed by atoms with Crippen molar-refractivity contribution in [3.8, 4) is 6.07 Å². The summed E-state index contributed by atoms with van der Waals surface area (Å²) in [5.41, 5.74) is 0.0224. The number of pyridine rings is 1. The molecule has 3 amide bonds. The number of nitriles is 1. The Morgan fingerprint density at radius 3 is 2.69 bits per heavy atom. The lowest BCUT2D eigenvalue weighted by molar-refractivity contribution is -0.125. The summed E-state index contributed by atoms with van der Waals surface area (Å²) in [5, 5.41) is 13.7. The molecule has 0 saturated carbocycles. The summed E-state index contributed by atoms with van der Waals surface area (Å²) in [6.45, 7) is 2.59. The van der Waals surface area contributed by atoms with E-state index < -0.39 is 41.5 Å². The standard InChI is InChI=1S/C19H16F3N5O2/c1-9(17-14(21)5-11(6-23)7-24-17)25-18(28)10(2)27-8-12-15(26-19(27)29)4-3-13(20)16(12)22/h3-5,7,9-10H,8H2,1-2H3,(H,25,28)(H,26,29)/t9-,10+/m0/s1. The Morgan fingerprint density at radius 2 is 2.03 bits per heavy atom. The molecule has 0 radical (unpaired) electrons. The number of hydrogen-bond acceptors (Lipinski definition) is 4. The first-order chi connectivity index (χ1) is 13.7. The van der Waals surface area contributed by atoms with Crippen LogP contribution in [0.3, 0.4) is 0 Å². The molecule has 150 valence electrons. The molecule has 1 aromatic carbocycles. The van der Waals surface area contributed by atoms with Gasteiger partial charge in [-0.25, -0.2) is 18.0 Å². The third-order valence-electron chi connectivity index (χ3n) is 4.64. The van der Waals surface area contributed by atoms with E-state index in [1.807, 2.05) is 0 Å². The summed E-state index contributed by atoms with van der Waals surface area (Å²) in [7, 11) is 0. The van der Waals surface area contributed by atoms with Crippen LogP contribution >= 0.6 is 0 Å². The van der Waals surface area contributed by atoms with Gasteiger partial charge >= 0.3 is 6.03 Å². The molecule has 0 unspecified atom stereocenters. The van der Waals surface area contributed by atoms with Crippen LogP contribution in [-0.2, 0) is 11.3 Å². The highest BCUT2D eigenvalue weighted by Crippen LogP contribution is 2.28. The van der Waals surface area contributed by atoms with Gasteiger partial charge in [0.15, 0.2) is 11.6 Å². The largest absolute Gasteiger partial charge is 0.346 e. The third kappa shape index (κ3) is 3.85. The fraction of sp³-hybridized carbons (Fsp3) is 0.263. The minimum Gasteiger partial charge on any atom is -0.346 e. The molecule has 0 spiro atoms. The van der Waals surface area contributed by atoms with E-state index in [0.29, 0.717) is 0 Å². The van der Waals surface area contributed by atoms with Crippen LogP contribution in [0, 0.1) is 28.8 Å². The summed E-state index contributed by atoms with van der Waals surface area (Å²) >= 11 is 0. The van der Waals surface area contributed by atoms with Crippen LogP contribution in [-0.4, -0.2) is 27.9 Å².